The molecule has 3 aromatic rings. The third-order valence-electron chi connectivity index (χ3n) is 5.71. The number of hydrogen-bond acceptors (Lipinski definition) is 3. The van der Waals surface area contributed by atoms with Gasteiger partial charge < -0.3 is 10.2 Å². The Balaban J connectivity index is 1.45. The van der Waals surface area contributed by atoms with Crippen LogP contribution in [-0.2, 0) is 11.3 Å². The fourth-order valence-corrected chi connectivity index (χ4v) is 4.05. The van der Waals surface area contributed by atoms with Gasteiger partial charge >= 0.3 is 0 Å². The summed E-state index contributed by atoms with van der Waals surface area (Å²) in [5, 5.41) is 7.50. The van der Waals surface area contributed by atoms with Crippen molar-refractivity contribution in [2.75, 3.05) is 13.6 Å². The van der Waals surface area contributed by atoms with E-state index in [4.69, 9.17) is 0 Å². The highest BCUT2D eigenvalue weighted by atomic mass is 16.2. The average molecular weight is 402 g/mol. The second-order valence-electron chi connectivity index (χ2n) is 7.95. The second kappa shape index (κ2) is 8.53. The van der Waals surface area contributed by atoms with Crippen LogP contribution in [0.2, 0.25) is 0 Å². The van der Waals surface area contributed by atoms with Crippen LogP contribution >= 0.6 is 0 Å². The van der Waals surface area contributed by atoms with E-state index in [-0.39, 0.29) is 23.8 Å². The van der Waals surface area contributed by atoms with Crippen molar-refractivity contribution in [1.82, 2.24) is 20.0 Å². The topological polar surface area (TPSA) is 67.2 Å². The lowest BCUT2D eigenvalue weighted by molar-refractivity contribution is -0.127. The van der Waals surface area contributed by atoms with E-state index >= 15 is 0 Å². The standard InChI is InChI=1S/C24H26N4O2/c1-17-8-10-19(11-9-17)24(30)25-13-20-12-22(29)27(2)23(20)21-14-26-28(16-21)15-18-6-4-3-5-7-18/h3-11,14,16,20,23H,12-13,15H2,1-2H3,(H,25,30)/t20-,23+/m0/s1. The molecule has 2 heterocycles. The molecular weight excluding hydrogens is 376 g/mol. The molecule has 30 heavy (non-hydrogen) atoms. The Bertz CT molecular complexity index is 1030. The summed E-state index contributed by atoms with van der Waals surface area (Å²) in [6.45, 7) is 3.11. The van der Waals surface area contributed by atoms with Crippen molar-refractivity contribution < 1.29 is 9.59 Å². The first-order valence-corrected chi connectivity index (χ1v) is 10.2. The molecule has 2 atom stereocenters. The van der Waals surface area contributed by atoms with Gasteiger partial charge in [-0.2, -0.15) is 5.10 Å². The minimum absolute atomic E-state index is 0.00581. The van der Waals surface area contributed by atoms with Gasteiger partial charge in [0.05, 0.1) is 18.8 Å². The van der Waals surface area contributed by atoms with Crippen LogP contribution in [-0.4, -0.2) is 40.1 Å². The number of aromatic nitrogens is 2. The number of carbonyl (C=O) groups is 2. The van der Waals surface area contributed by atoms with E-state index in [1.807, 2.05) is 73.5 Å². The highest BCUT2D eigenvalue weighted by Crippen LogP contribution is 2.36. The number of hydrogen-bond donors (Lipinski definition) is 1. The third-order valence-corrected chi connectivity index (χ3v) is 5.71. The maximum absolute atomic E-state index is 12.5. The van der Waals surface area contributed by atoms with E-state index in [1.54, 1.807) is 4.90 Å². The SMILES string of the molecule is Cc1ccc(C(=O)NC[C@@H]2CC(=O)N(C)[C@H]2c2cnn(Cc3ccccc3)c2)cc1. The van der Waals surface area contributed by atoms with Crippen molar-refractivity contribution in [3.8, 4) is 0 Å². The number of nitrogens with zero attached hydrogens (tertiary/aromatic N) is 3. The first-order chi connectivity index (χ1) is 14.5. The molecule has 1 aromatic heterocycles. The van der Waals surface area contributed by atoms with Crippen LogP contribution < -0.4 is 5.32 Å². The zero-order chi connectivity index (χ0) is 21.1. The van der Waals surface area contributed by atoms with Crippen LogP contribution in [0.15, 0.2) is 67.0 Å². The number of benzene rings is 2. The normalized spacial score (nSPS) is 18.6. The molecule has 0 spiro atoms. The lowest BCUT2D eigenvalue weighted by Crippen LogP contribution is -2.32. The number of amides is 2. The van der Waals surface area contributed by atoms with Crippen LogP contribution in [0.5, 0.6) is 0 Å². The molecule has 2 amide bonds. The van der Waals surface area contributed by atoms with Gasteiger partial charge in [-0.3, -0.25) is 14.3 Å². The molecule has 1 aliphatic heterocycles. The predicted octanol–water partition coefficient (Wildman–Crippen LogP) is 3.19. The first kappa shape index (κ1) is 19.9. The molecule has 0 bridgehead atoms. The largest absolute Gasteiger partial charge is 0.352 e. The monoisotopic (exact) mass is 402 g/mol. The van der Waals surface area contributed by atoms with Crippen LogP contribution in [0.3, 0.4) is 0 Å². The minimum Gasteiger partial charge on any atom is -0.352 e. The molecule has 4 rings (SSSR count). The maximum Gasteiger partial charge on any atom is 0.251 e. The molecule has 1 N–H and O–H groups in total. The van der Waals surface area contributed by atoms with Crippen LogP contribution in [0.4, 0.5) is 0 Å². The van der Waals surface area contributed by atoms with Crippen molar-refractivity contribution in [2.24, 2.45) is 5.92 Å². The minimum atomic E-state index is -0.115. The smallest absolute Gasteiger partial charge is 0.251 e. The molecule has 0 unspecified atom stereocenters. The molecule has 1 aliphatic rings. The second-order valence-corrected chi connectivity index (χ2v) is 7.95. The van der Waals surface area contributed by atoms with Crippen molar-refractivity contribution in [3.05, 3.63) is 89.2 Å². The lowest BCUT2D eigenvalue weighted by Gasteiger charge is -2.24. The summed E-state index contributed by atoms with van der Waals surface area (Å²) in [6.07, 6.45) is 4.25. The maximum atomic E-state index is 12.5. The molecule has 0 aliphatic carbocycles. The molecule has 2 aromatic carbocycles. The summed E-state index contributed by atoms with van der Waals surface area (Å²) in [6, 6.07) is 17.5. The fraction of sp³-hybridized carbons (Fsp3) is 0.292. The highest BCUT2D eigenvalue weighted by Gasteiger charge is 2.39. The van der Waals surface area contributed by atoms with Gasteiger partial charge in [0.2, 0.25) is 5.91 Å². The molecule has 1 saturated heterocycles. The Morgan fingerprint density at radius 2 is 1.87 bits per heavy atom. The Labute approximate surface area is 176 Å². The Morgan fingerprint density at radius 1 is 1.13 bits per heavy atom. The molecule has 154 valence electrons. The van der Waals surface area contributed by atoms with Gasteiger partial charge in [-0.25, -0.2) is 0 Å². The summed E-state index contributed by atoms with van der Waals surface area (Å²) < 4.78 is 1.89. The van der Waals surface area contributed by atoms with Gasteiger partial charge in [0.1, 0.15) is 0 Å². The van der Waals surface area contributed by atoms with Gasteiger partial charge in [-0.05, 0) is 24.6 Å². The summed E-state index contributed by atoms with van der Waals surface area (Å²) in [5.41, 5.74) is 3.91. The molecular formula is C24H26N4O2. The fourth-order valence-electron chi connectivity index (χ4n) is 4.05. The molecule has 1 fully saturated rings. The lowest BCUT2D eigenvalue weighted by atomic mass is 9.95. The quantitative estimate of drug-likeness (QED) is 0.689. The zero-order valence-corrected chi connectivity index (χ0v) is 17.3. The Kier molecular flexibility index (Phi) is 5.65. The molecule has 6 heteroatoms. The van der Waals surface area contributed by atoms with E-state index in [1.165, 1.54) is 5.56 Å². The van der Waals surface area contributed by atoms with E-state index in [9.17, 15) is 9.59 Å². The van der Waals surface area contributed by atoms with Crippen molar-refractivity contribution >= 4 is 11.8 Å². The predicted molar refractivity (Wildman–Crippen MR) is 115 cm³/mol. The van der Waals surface area contributed by atoms with Crippen LogP contribution in [0.25, 0.3) is 0 Å². The van der Waals surface area contributed by atoms with E-state index in [0.29, 0.717) is 25.1 Å². The van der Waals surface area contributed by atoms with Crippen molar-refractivity contribution in [3.63, 3.8) is 0 Å². The third kappa shape index (κ3) is 4.27. The van der Waals surface area contributed by atoms with E-state index in [0.717, 1.165) is 11.1 Å². The van der Waals surface area contributed by atoms with Crippen LogP contribution in [0.1, 0.15) is 39.5 Å². The number of rotatable bonds is 6. The van der Waals surface area contributed by atoms with Gasteiger partial charge in [0.25, 0.3) is 5.91 Å². The summed E-state index contributed by atoms with van der Waals surface area (Å²) >= 11 is 0. The Hall–Kier alpha value is -3.41. The molecule has 0 saturated carbocycles. The number of carbonyl (C=O) groups excluding carboxylic acids is 2. The van der Waals surface area contributed by atoms with Gasteiger partial charge in [-0.1, -0.05) is 48.0 Å². The molecule has 6 nitrogen and oxygen atoms in total. The van der Waals surface area contributed by atoms with Gasteiger partial charge in [0.15, 0.2) is 0 Å². The number of likely N-dealkylation sites (tertiary alicyclic amines) is 1. The average Bonchev–Trinajstić information content (AvgIpc) is 3.31. The van der Waals surface area contributed by atoms with Crippen molar-refractivity contribution in [2.45, 2.75) is 25.9 Å². The highest BCUT2D eigenvalue weighted by molar-refractivity contribution is 5.94. The number of aryl methyl sites for hydroxylation is 1. The summed E-state index contributed by atoms with van der Waals surface area (Å²) in [4.78, 5) is 26.7. The van der Waals surface area contributed by atoms with Gasteiger partial charge in [-0.15, -0.1) is 0 Å². The zero-order valence-electron chi connectivity index (χ0n) is 17.3. The van der Waals surface area contributed by atoms with Crippen molar-refractivity contribution in [1.29, 1.82) is 0 Å². The number of nitrogens with one attached hydrogen (secondary N) is 1. The van der Waals surface area contributed by atoms with E-state index < -0.39 is 0 Å². The Morgan fingerprint density at radius 3 is 2.60 bits per heavy atom. The summed E-state index contributed by atoms with van der Waals surface area (Å²) in [5.74, 6) is -0.0211. The first-order valence-electron chi connectivity index (χ1n) is 10.2. The molecule has 0 radical (unpaired) electrons. The summed E-state index contributed by atoms with van der Waals surface area (Å²) in [7, 11) is 1.82. The van der Waals surface area contributed by atoms with Crippen LogP contribution in [0, 0.1) is 12.8 Å². The van der Waals surface area contributed by atoms with E-state index in [2.05, 4.69) is 22.5 Å². The van der Waals surface area contributed by atoms with Gasteiger partial charge in [0, 0.05) is 43.3 Å².